The van der Waals surface area contributed by atoms with Crippen molar-refractivity contribution in [1.82, 2.24) is 5.32 Å². The molecule has 1 aromatic carbocycles. The van der Waals surface area contributed by atoms with E-state index >= 15 is 0 Å². The number of nitrogens with one attached hydrogen (secondary N) is 1. The first-order valence-electron chi connectivity index (χ1n) is 4.24. The Hall–Kier alpha value is -1.05. The minimum atomic E-state index is 0.595. The van der Waals surface area contributed by atoms with Crippen molar-refractivity contribution in [2.45, 2.75) is 0 Å². The number of likely N-dealkylation sites (N-methyl/N-ethyl adjacent to an activating group) is 1. The van der Waals surface area contributed by atoms with Crippen LogP contribution in [0.1, 0.15) is 5.56 Å². The predicted molar refractivity (Wildman–Crippen MR) is 58.3 cm³/mol. The molecule has 0 fully saturated rings. The molecular weight excluding hydrogens is 244 g/mol. The average molecular weight is 255 g/mol. The van der Waals surface area contributed by atoms with E-state index in [4.69, 9.17) is 10.00 Å². The first-order valence-corrected chi connectivity index (χ1v) is 5.03. The van der Waals surface area contributed by atoms with Gasteiger partial charge in [0.25, 0.3) is 0 Å². The molecular formula is C10H11BrN2O. The number of ether oxygens (including phenoxy) is 1. The lowest BCUT2D eigenvalue weighted by Crippen LogP contribution is -2.15. The van der Waals surface area contributed by atoms with Gasteiger partial charge in [-0.1, -0.05) is 15.9 Å². The molecule has 0 aliphatic heterocycles. The highest BCUT2D eigenvalue weighted by molar-refractivity contribution is 9.10. The van der Waals surface area contributed by atoms with Crippen LogP contribution in [0, 0.1) is 11.3 Å². The van der Waals surface area contributed by atoms with Crippen LogP contribution in [-0.4, -0.2) is 20.2 Å². The van der Waals surface area contributed by atoms with Gasteiger partial charge in [-0.25, -0.2) is 0 Å². The van der Waals surface area contributed by atoms with Gasteiger partial charge in [0, 0.05) is 11.0 Å². The molecule has 0 heterocycles. The molecule has 4 heteroatoms. The molecule has 1 rings (SSSR count). The maximum atomic E-state index is 8.72. The molecule has 0 radical (unpaired) electrons. The summed E-state index contributed by atoms with van der Waals surface area (Å²) in [5.41, 5.74) is 0.596. The summed E-state index contributed by atoms with van der Waals surface area (Å²) in [6, 6.07) is 7.39. The Labute approximate surface area is 91.8 Å². The number of hydrogen-bond acceptors (Lipinski definition) is 3. The summed E-state index contributed by atoms with van der Waals surface area (Å²) in [6.45, 7) is 1.38. The number of nitrogens with zero attached hydrogens (tertiary/aromatic N) is 1. The van der Waals surface area contributed by atoms with Gasteiger partial charge in [0.2, 0.25) is 0 Å². The van der Waals surface area contributed by atoms with Gasteiger partial charge in [-0.05, 0) is 25.2 Å². The fourth-order valence-electron chi connectivity index (χ4n) is 0.982. The van der Waals surface area contributed by atoms with E-state index in [9.17, 15) is 0 Å². The molecule has 0 unspecified atom stereocenters. The Bertz CT molecular complexity index is 346. The second kappa shape index (κ2) is 5.63. The molecule has 3 nitrogen and oxygen atoms in total. The highest BCUT2D eigenvalue weighted by atomic mass is 79.9. The van der Waals surface area contributed by atoms with Crippen molar-refractivity contribution in [2.24, 2.45) is 0 Å². The average Bonchev–Trinajstić information content (AvgIpc) is 2.17. The van der Waals surface area contributed by atoms with Crippen LogP contribution in [0.5, 0.6) is 5.75 Å². The second-order valence-corrected chi connectivity index (χ2v) is 3.66. The third-order valence-electron chi connectivity index (χ3n) is 1.62. The van der Waals surface area contributed by atoms with E-state index in [1.807, 2.05) is 13.1 Å². The smallest absolute Gasteiger partial charge is 0.121 e. The maximum Gasteiger partial charge on any atom is 0.121 e. The van der Waals surface area contributed by atoms with Crippen LogP contribution >= 0.6 is 15.9 Å². The summed E-state index contributed by atoms with van der Waals surface area (Å²) < 4.78 is 6.28. The summed E-state index contributed by atoms with van der Waals surface area (Å²) in [4.78, 5) is 0. The van der Waals surface area contributed by atoms with E-state index < -0.39 is 0 Å². The molecule has 1 N–H and O–H groups in total. The molecule has 0 amide bonds. The molecule has 0 saturated carbocycles. The highest BCUT2D eigenvalue weighted by Crippen LogP contribution is 2.20. The first-order chi connectivity index (χ1) is 6.76. The van der Waals surface area contributed by atoms with Gasteiger partial charge in [0.15, 0.2) is 0 Å². The van der Waals surface area contributed by atoms with Gasteiger partial charge in [0.05, 0.1) is 11.6 Å². The molecule has 74 valence electrons. The molecule has 1 aromatic rings. The van der Waals surface area contributed by atoms with E-state index in [1.165, 1.54) is 0 Å². The van der Waals surface area contributed by atoms with Gasteiger partial charge in [-0.3, -0.25) is 0 Å². The van der Waals surface area contributed by atoms with Crippen LogP contribution in [-0.2, 0) is 0 Å². The van der Waals surface area contributed by atoms with Crippen LogP contribution in [0.15, 0.2) is 22.7 Å². The van der Waals surface area contributed by atoms with Crippen molar-refractivity contribution in [1.29, 1.82) is 5.26 Å². The molecule has 0 bridgehead atoms. The minimum absolute atomic E-state index is 0.595. The van der Waals surface area contributed by atoms with Crippen molar-refractivity contribution in [3.63, 3.8) is 0 Å². The van der Waals surface area contributed by atoms with Crippen molar-refractivity contribution >= 4 is 15.9 Å². The molecule has 0 atom stereocenters. The van der Waals surface area contributed by atoms with E-state index in [0.717, 1.165) is 11.0 Å². The number of benzene rings is 1. The normalized spacial score (nSPS) is 9.50. The van der Waals surface area contributed by atoms with Crippen LogP contribution in [0.2, 0.25) is 0 Å². The first kappa shape index (κ1) is 11.0. The van der Waals surface area contributed by atoms with Crippen molar-refractivity contribution in [3.05, 3.63) is 28.2 Å². The van der Waals surface area contributed by atoms with Crippen molar-refractivity contribution in [2.75, 3.05) is 20.2 Å². The van der Waals surface area contributed by atoms with Gasteiger partial charge < -0.3 is 10.1 Å². The Morgan fingerprint density at radius 3 is 2.93 bits per heavy atom. The van der Waals surface area contributed by atoms with Crippen LogP contribution in [0.4, 0.5) is 0 Å². The maximum absolute atomic E-state index is 8.72. The summed E-state index contributed by atoms with van der Waals surface area (Å²) in [7, 11) is 1.87. The number of rotatable bonds is 4. The summed E-state index contributed by atoms with van der Waals surface area (Å²) >= 11 is 3.32. The van der Waals surface area contributed by atoms with Gasteiger partial charge >= 0.3 is 0 Å². The quantitative estimate of drug-likeness (QED) is 0.836. The molecule has 0 aromatic heterocycles. The molecule has 0 aliphatic carbocycles. The zero-order valence-corrected chi connectivity index (χ0v) is 9.47. The van der Waals surface area contributed by atoms with E-state index in [1.54, 1.807) is 12.1 Å². The fourth-order valence-corrected chi connectivity index (χ4v) is 1.45. The van der Waals surface area contributed by atoms with Crippen LogP contribution < -0.4 is 10.1 Å². The lowest BCUT2D eigenvalue weighted by Gasteiger charge is -2.06. The Morgan fingerprint density at radius 1 is 1.50 bits per heavy atom. The second-order valence-electron chi connectivity index (χ2n) is 2.74. The summed E-state index contributed by atoms with van der Waals surface area (Å²) in [6.07, 6.45) is 0. The van der Waals surface area contributed by atoms with E-state index in [-0.39, 0.29) is 0 Å². The SMILES string of the molecule is CNCCOc1cc(Br)cc(C#N)c1. The third-order valence-corrected chi connectivity index (χ3v) is 2.08. The Kier molecular flexibility index (Phi) is 4.44. The zero-order chi connectivity index (χ0) is 10.4. The van der Waals surface area contributed by atoms with Crippen molar-refractivity contribution < 1.29 is 4.74 Å². The minimum Gasteiger partial charge on any atom is -0.492 e. The lowest BCUT2D eigenvalue weighted by atomic mass is 10.2. The zero-order valence-electron chi connectivity index (χ0n) is 7.88. The monoisotopic (exact) mass is 254 g/mol. The topological polar surface area (TPSA) is 45.0 Å². The van der Waals surface area contributed by atoms with Crippen LogP contribution in [0.3, 0.4) is 0 Å². The Morgan fingerprint density at radius 2 is 2.29 bits per heavy atom. The largest absolute Gasteiger partial charge is 0.492 e. The molecule has 14 heavy (non-hydrogen) atoms. The fraction of sp³-hybridized carbons (Fsp3) is 0.300. The summed E-state index contributed by atoms with van der Waals surface area (Å²) in [5.74, 6) is 0.714. The van der Waals surface area contributed by atoms with Crippen LogP contribution in [0.25, 0.3) is 0 Å². The number of hydrogen-bond donors (Lipinski definition) is 1. The Balaban J connectivity index is 2.68. The lowest BCUT2D eigenvalue weighted by molar-refractivity contribution is 0.318. The third kappa shape index (κ3) is 3.36. The molecule has 0 saturated heterocycles. The van der Waals surface area contributed by atoms with Crippen molar-refractivity contribution in [3.8, 4) is 11.8 Å². The predicted octanol–water partition coefficient (Wildman–Crippen LogP) is 1.92. The number of nitriles is 1. The van der Waals surface area contributed by atoms with Gasteiger partial charge in [-0.2, -0.15) is 5.26 Å². The standard InChI is InChI=1S/C10H11BrN2O/c1-13-2-3-14-10-5-8(7-12)4-9(11)6-10/h4-6,13H,2-3H2,1H3. The summed E-state index contributed by atoms with van der Waals surface area (Å²) in [5, 5.41) is 11.7. The number of halogens is 1. The van der Waals surface area contributed by atoms with E-state index in [2.05, 4.69) is 27.3 Å². The van der Waals surface area contributed by atoms with E-state index in [0.29, 0.717) is 17.9 Å². The molecule has 0 spiro atoms. The van der Waals surface area contributed by atoms with Gasteiger partial charge in [0.1, 0.15) is 12.4 Å². The van der Waals surface area contributed by atoms with Gasteiger partial charge in [-0.15, -0.1) is 0 Å². The highest BCUT2D eigenvalue weighted by Gasteiger charge is 1.99. The molecule has 0 aliphatic rings.